The maximum absolute atomic E-state index is 12.2. The average Bonchev–Trinajstić information content (AvgIpc) is 2.67. The van der Waals surface area contributed by atoms with Gasteiger partial charge in [0, 0.05) is 29.0 Å². The lowest BCUT2D eigenvalue weighted by molar-refractivity contribution is -0.119. The molecule has 0 heterocycles. The molecule has 0 aliphatic rings. The number of anilines is 3. The highest BCUT2D eigenvalue weighted by atomic mass is 16.5. The molecule has 0 aliphatic carbocycles. The summed E-state index contributed by atoms with van der Waals surface area (Å²) in [6.07, 6.45) is 2.09. The number of unbranched alkanes of at least 4 members (excludes halogenated alkanes) is 1. The fraction of sp³-hybridized carbons (Fsp3) is 0.364. The molecule has 0 bridgehead atoms. The summed E-state index contributed by atoms with van der Waals surface area (Å²) in [4.78, 5) is 24.0. The molecule has 2 aromatic rings. The van der Waals surface area contributed by atoms with E-state index >= 15 is 0 Å². The van der Waals surface area contributed by atoms with Gasteiger partial charge in [0.05, 0.1) is 13.2 Å². The van der Waals surface area contributed by atoms with Gasteiger partial charge in [-0.3, -0.25) is 9.59 Å². The van der Waals surface area contributed by atoms with Gasteiger partial charge in [-0.05, 0) is 36.8 Å². The highest BCUT2D eigenvalue weighted by molar-refractivity contribution is 5.96. The molecule has 0 unspecified atom stereocenters. The van der Waals surface area contributed by atoms with E-state index in [1.807, 2.05) is 38.1 Å². The Hall–Kier alpha value is -3.02. The van der Waals surface area contributed by atoms with Crippen molar-refractivity contribution in [2.24, 2.45) is 5.92 Å². The van der Waals surface area contributed by atoms with E-state index in [2.05, 4.69) is 22.9 Å². The number of benzene rings is 2. The predicted molar refractivity (Wildman–Crippen MR) is 114 cm³/mol. The summed E-state index contributed by atoms with van der Waals surface area (Å²) in [6, 6.07) is 14.7. The second-order valence-corrected chi connectivity index (χ2v) is 6.86. The van der Waals surface area contributed by atoms with Gasteiger partial charge < -0.3 is 20.7 Å². The summed E-state index contributed by atoms with van der Waals surface area (Å²) in [7, 11) is 0. The molecule has 0 aliphatic heterocycles. The SMILES string of the molecule is CCCCOc1cccc(NCC(=O)Nc2cccc(NC(=O)C(C)C)c2)c1. The lowest BCUT2D eigenvalue weighted by Gasteiger charge is -2.12. The maximum atomic E-state index is 12.2. The molecule has 2 rings (SSSR count). The van der Waals surface area contributed by atoms with Crippen molar-refractivity contribution in [1.82, 2.24) is 0 Å². The Bertz CT molecular complexity index is 790. The number of rotatable bonds is 10. The van der Waals surface area contributed by atoms with Gasteiger partial charge in [-0.2, -0.15) is 0 Å². The molecule has 3 N–H and O–H groups in total. The molecule has 0 saturated carbocycles. The molecular formula is C22H29N3O3. The van der Waals surface area contributed by atoms with Gasteiger partial charge in [-0.25, -0.2) is 0 Å². The second-order valence-electron chi connectivity index (χ2n) is 6.86. The van der Waals surface area contributed by atoms with E-state index < -0.39 is 0 Å². The highest BCUT2D eigenvalue weighted by Gasteiger charge is 2.08. The summed E-state index contributed by atoms with van der Waals surface area (Å²) < 4.78 is 5.68. The van der Waals surface area contributed by atoms with Crippen LogP contribution in [0.25, 0.3) is 0 Å². The fourth-order valence-electron chi connectivity index (χ4n) is 2.38. The van der Waals surface area contributed by atoms with Crippen molar-refractivity contribution in [1.29, 1.82) is 0 Å². The van der Waals surface area contributed by atoms with Crippen LogP contribution >= 0.6 is 0 Å². The van der Waals surface area contributed by atoms with E-state index in [-0.39, 0.29) is 24.3 Å². The van der Waals surface area contributed by atoms with Crippen molar-refractivity contribution >= 4 is 28.9 Å². The van der Waals surface area contributed by atoms with Crippen molar-refractivity contribution in [2.75, 3.05) is 29.1 Å². The fourth-order valence-corrected chi connectivity index (χ4v) is 2.38. The van der Waals surface area contributed by atoms with Crippen LogP contribution in [0.5, 0.6) is 5.75 Å². The third-order valence-electron chi connectivity index (χ3n) is 3.99. The molecule has 0 radical (unpaired) electrons. The summed E-state index contributed by atoms with van der Waals surface area (Å²) in [6.45, 7) is 6.59. The van der Waals surface area contributed by atoms with Gasteiger partial charge >= 0.3 is 0 Å². The molecule has 6 nitrogen and oxygen atoms in total. The first-order valence-electron chi connectivity index (χ1n) is 9.65. The zero-order chi connectivity index (χ0) is 20.4. The monoisotopic (exact) mass is 383 g/mol. The molecule has 0 fully saturated rings. The molecular weight excluding hydrogens is 354 g/mol. The smallest absolute Gasteiger partial charge is 0.243 e. The molecule has 0 aromatic heterocycles. The molecule has 2 amide bonds. The van der Waals surface area contributed by atoms with Crippen molar-refractivity contribution in [3.05, 3.63) is 48.5 Å². The molecule has 0 spiro atoms. The molecule has 28 heavy (non-hydrogen) atoms. The Labute approximate surface area is 166 Å². The van der Waals surface area contributed by atoms with Crippen molar-refractivity contribution < 1.29 is 14.3 Å². The van der Waals surface area contributed by atoms with Gasteiger partial charge in [0.25, 0.3) is 0 Å². The van der Waals surface area contributed by atoms with E-state index in [1.54, 1.807) is 24.3 Å². The lowest BCUT2D eigenvalue weighted by atomic mass is 10.2. The maximum Gasteiger partial charge on any atom is 0.243 e. The Morgan fingerprint density at radius 3 is 2.36 bits per heavy atom. The number of hydrogen-bond donors (Lipinski definition) is 3. The van der Waals surface area contributed by atoms with Crippen LogP contribution in [0, 0.1) is 5.92 Å². The number of carbonyl (C=O) groups is 2. The topological polar surface area (TPSA) is 79.5 Å². The van der Waals surface area contributed by atoms with E-state index in [0.29, 0.717) is 18.0 Å². The Morgan fingerprint density at radius 1 is 0.964 bits per heavy atom. The first-order chi connectivity index (χ1) is 13.5. The minimum Gasteiger partial charge on any atom is -0.494 e. The van der Waals surface area contributed by atoms with E-state index in [4.69, 9.17) is 4.74 Å². The van der Waals surface area contributed by atoms with Crippen LogP contribution in [0.4, 0.5) is 17.1 Å². The summed E-state index contributed by atoms with van der Waals surface area (Å²) in [5.41, 5.74) is 2.11. The van der Waals surface area contributed by atoms with Crippen LogP contribution in [0.1, 0.15) is 33.6 Å². The van der Waals surface area contributed by atoms with Gasteiger partial charge in [0.15, 0.2) is 0 Å². The van der Waals surface area contributed by atoms with Crippen molar-refractivity contribution in [3.8, 4) is 5.75 Å². The van der Waals surface area contributed by atoms with Crippen LogP contribution in [0.15, 0.2) is 48.5 Å². The van der Waals surface area contributed by atoms with Gasteiger partial charge in [0.2, 0.25) is 11.8 Å². The van der Waals surface area contributed by atoms with Crippen molar-refractivity contribution in [3.63, 3.8) is 0 Å². The van der Waals surface area contributed by atoms with Crippen LogP contribution in [0.3, 0.4) is 0 Å². The lowest BCUT2D eigenvalue weighted by Crippen LogP contribution is -2.22. The Kier molecular flexibility index (Phi) is 8.34. The van der Waals surface area contributed by atoms with E-state index in [1.165, 1.54) is 0 Å². The van der Waals surface area contributed by atoms with Gasteiger partial charge in [-0.15, -0.1) is 0 Å². The predicted octanol–water partition coefficient (Wildman–Crippen LogP) is 4.51. The zero-order valence-corrected chi connectivity index (χ0v) is 16.7. The Balaban J connectivity index is 1.86. The number of carbonyl (C=O) groups excluding carboxylic acids is 2. The minimum absolute atomic E-state index is 0.0637. The van der Waals surface area contributed by atoms with E-state index in [9.17, 15) is 9.59 Å². The molecule has 150 valence electrons. The third kappa shape index (κ3) is 7.31. The molecule has 6 heteroatoms. The van der Waals surface area contributed by atoms with Gasteiger partial charge in [-0.1, -0.05) is 39.3 Å². The average molecular weight is 383 g/mol. The minimum atomic E-state index is -0.176. The molecule has 2 aromatic carbocycles. The second kappa shape index (κ2) is 11.0. The molecule has 0 saturated heterocycles. The summed E-state index contributed by atoms with van der Waals surface area (Å²) >= 11 is 0. The highest BCUT2D eigenvalue weighted by Crippen LogP contribution is 2.18. The van der Waals surface area contributed by atoms with E-state index in [0.717, 1.165) is 24.3 Å². The first kappa shape index (κ1) is 21.3. The summed E-state index contributed by atoms with van der Waals surface area (Å²) in [5.74, 6) is 0.437. The van der Waals surface area contributed by atoms with Gasteiger partial charge in [0.1, 0.15) is 5.75 Å². The Morgan fingerprint density at radius 2 is 1.64 bits per heavy atom. The van der Waals surface area contributed by atoms with Crippen LogP contribution in [-0.4, -0.2) is 25.0 Å². The third-order valence-corrected chi connectivity index (χ3v) is 3.99. The number of hydrogen-bond acceptors (Lipinski definition) is 4. The number of amides is 2. The van der Waals surface area contributed by atoms with Crippen molar-refractivity contribution in [2.45, 2.75) is 33.6 Å². The van der Waals surface area contributed by atoms with Crippen LogP contribution in [0.2, 0.25) is 0 Å². The largest absolute Gasteiger partial charge is 0.494 e. The van der Waals surface area contributed by atoms with Crippen LogP contribution in [-0.2, 0) is 9.59 Å². The normalized spacial score (nSPS) is 10.4. The quantitative estimate of drug-likeness (QED) is 0.527. The molecule has 0 atom stereocenters. The zero-order valence-electron chi connectivity index (χ0n) is 16.7. The standard InChI is InChI=1S/C22H29N3O3/c1-4-5-12-28-20-11-7-8-17(14-20)23-15-21(26)24-18-9-6-10-19(13-18)25-22(27)16(2)3/h6-11,13-14,16,23H,4-5,12,15H2,1-3H3,(H,24,26)(H,25,27). The first-order valence-corrected chi connectivity index (χ1v) is 9.65. The summed E-state index contributed by atoms with van der Waals surface area (Å²) in [5, 5.41) is 8.74. The van der Waals surface area contributed by atoms with Crippen LogP contribution < -0.4 is 20.7 Å². The number of nitrogens with one attached hydrogen (secondary N) is 3. The number of ether oxygens (including phenoxy) is 1.